The zero-order valence-electron chi connectivity index (χ0n) is 10.9. The highest BCUT2D eigenvalue weighted by Crippen LogP contribution is 2.32. The Bertz CT molecular complexity index is 864. The molecule has 0 aliphatic heterocycles. The first-order valence-electron chi connectivity index (χ1n) is 6.09. The fourth-order valence-corrected chi connectivity index (χ4v) is 2.19. The Balaban J connectivity index is 2.04. The third-order valence-electron chi connectivity index (χ3n) is 2.92. The lowest BCUT2D eigenvalue weighted by molar-refractivity contribution is -0.384. The summed E-state index contributed by atoms with van der Waals surface area (Å²) in [5.74, 6) is 0.264. The van der Waals surface area contributed by atoms with E-state index in [9.17, 15) is 10.1 Å². The molecule has 0 atom stereocenters. The molecule has 0 radical (unpaired) electrons. The van der Waals surface area contributed by atoms with Crippen LogP contribution in [0.4, 0.5) is 5.69 Å². The predicted molar refractivity (Wildman–Crippen MR) is 81.8 cm³/mol. The van der Waals surface area contributed by atoms with Gasteiger partial charge in [0.2, 0.25) is 5.89 Å². The van der Waals surface area contributed by atoms with Crippen LogP contribution in [0, 0.1) is 10.1 Å². The summed E-state index contributed by atoms with van der Waals surface area (Å²) in [6, 6.07) is 11.0. The summed E-state index contributed by atoms with van der Waals surface area (Å²) in [5.41, 5.74) is 0.727. The van der Waals surface area contributed by atoms with Gasteiger partial charge in [0.05, 0.1) is 15.0 Å². The molecule has 2 aromatic carbocycles. The minimum absolute atomic E-state index is 0.0633. The van der Waals surface area contributed by atoms with Crippen molar-refractivity contribution < 1.29 is 9.34 Å². The molecule has 0 unspecified atom stereocenters. The summed E-state index contributed by atoms with van der Waals surface area (Å²) in [4.78, 5) is 10.5. The number of rotatable bonds is 3. The van der Waals surface area contributed by atoms with Gasteiger partial charge in [-0.1, -0.05) is 35.3 Å². The third-order valence-corrected chi connectivity index (χ3v) is 3.66. The Labute approximate surface area is 134 Å². The second-order valence-electron chi connectivity index (χ2n) is 4.32. The molecule has 110 valence electrons. The van der Waals surface area contributed by atoms with Gasteiger partial charge in [-0.2, -0.15) is 0 Å². The lowest BCUT2D eigenvalue weighted by Gasteiger charge is -1.98. The first kappa shape index (κ1) is 14.5. The summed E-state index contributed by atoms with van der Waals surface area (Å²) in [6.07, 6.45) is 0. The number of hydrogen-bond acceptors (Lipinski definition) is 5. The summed E-state index contributed by atoms with van der Waals surface area (Å²) in [5, 5.41) is 19.5. The average molecular weight is 336 g/mol. The smallest absolute Gasteiger partial charge is 0.282 e. The van der Waals surface area contributed by atoms with Gasteiger partial charge in [0.1, 0.15) is 5.56 Å². The topological polar surface area (TPSA) is 82.1 Å². The number of aromatic nitrogens is 2. The highest BCUT2D eigenvalue weighted by Gasteiger charge is 2.20. The largest absolute Gasteiger partial charge is 0.416 e. The maximum absolute atomic E-state index is 11.0. The van der Waals surface area contributed by atoms with Gasteiger partial charge >= 0.3 is 0 Å². The minimum Gasteiger partial charge on any atom is -0.416 e. The highest BCUT2D eigenvalue weighted by atomic mass is 35.5. The standard InChI is InChI=1S/C14H7Cl2N3O3/c15-10-6-5-8(7-11(10)16)13-17-18-14(22-13)9-3-1-2-4-12(9)19(20)21/h1-7H. The molecule has 22 heavy (non-hydrogen) atoms. The van der Waals surface area contributed by atoms with Crippen molar-refractivity contribution in [2.75, 3.05) is 0 Å². The Morgan fingerprint density at radius 1 is 1.00 bits per heavy atom. The number of hydrogen-bond donors (Lipinski definition) is 0. The van der Waals surface area contributed by atoms with Gasteiger partial charge in [-0.15, -0.1) is 10.2 Å². The Morgan fingerprint density at radius 2 is 1.73 bits per heavy atom. The summed E-state index contributed by atoms with van der Waals surface area (Å²) in [7, 11) is 0. The molecular weight excluding hydrogens is 329 g/mol. The van der Waals surface area contributed by atoms with Gasteiger partial charge < -0.3 is 4.42 Å². The number of benzene rings is 2. The van der Waals surface area contributed by atoms with E-state index < -0.39 is 4.92 Å². The Hall–Kier alpha value is -2.44. The van der Waals surface area contributed by atoms with E-state index in [0.717, 1.165) is 0 Å². The maximum atomic E-state index is 11.0. The lowest BCUT2D eigenvalue weighted by atomic mass is 10.2. The van der Waals surface area contributed by atoms with Gasteiger partial charge in [-0.3, -0.25) is 10.1 Å². The predicted octanol–water partition coefficient (Wildman–Crippen LogP) is 4.62. The first-order chi connectivity index (χ1) is 10.6. The molecule has 0 bridgehead atoms. The molecule has 0 aliphatic rings. The van der Waals surface area contributed by atoms with Crippen molar-refractivity contribution in [2.24, 2.45) is 0 Å². The number of nitro groups is 1. The van der Waals surface area contributed by atoms with Crippen LogP contribution in [0.5, 0.6) is 0 Å². The van der Waals surface area contributed by atoms with Crippen LogP contribution < -0.4 is 0 Å². The second-order valence-corrected chi connectivity index (χ2v) is 5.13. The molecule has 3 aromatic rings. The van der Waals surface area contributed by atoms with E-state index in [0.29, 0.717) is 15.6 Å². The van der Waals surface area contributed by atoms with Crippen LogP contribution in [0.2, 0.25) is 10.0 Å². The van der Waals surface area contributed by atoms with Crippen LogP contribution in [0.25, 0.3) is 22.9 Å². The molecule has 0 aliphatic carbocycles. The van der Waals surface area contributed by atoms with E-state index in [2.05, 4.69) is 10.2 Å². The van der Waals surface area contributed by atoms with E-state index in [1.165, 1.54) is 6.07 Å². The van der Waals surface area contributed by atoms with Gasteiger partial charge in [-0.25, -0.2) is 0 Å². The SMILES string of the molecule is O=[N+]([O-])c1ccccc1-c1nnc(-c2ccc(Cl)c(Cl)c2)o1. The quantitative estimate of drug-likeness (QED) is 0.515. The molecule has 0 fully saturated rings. The van der Waals surface area contributed by atoms with Crippen molar-refractivity contribution >= 4 is 28.9 Å². The molecule has 6 nitrogen and oxygen atoms in total. The Kier molecular flexibility index (Phi) is 3.79. The normalized spacial score (nSPS) is 10.6. The van der Waals surface area contributed by atoms with E-state index in [-0.39, 0.29) is 23.0 Å². The van der Waals surface area contributed by atoms with Crippen molar-refractivity contribution in [2.45, 2.75) is 0 Å². The number of nitrogens with zero attached hydrogens (tertiary/aromatic N) is 3. The fourth-order valence-electron chi connectivity index (χ4n) is 1.89. The van der Waals surface area contributed by atoms with Crippen molar-refractivity contribution in [1.29, 1.82) is 0 Å². The van der Waals surface area contributed by atoms with Crippen LogP contribution in [0.3, 0.4) is 0 Å². The molecule has 1 aromatic heterocycles. The van der Waals surface area contributed by atoms with Gasteiger partial charge in [0.25, 0.3) is 11.6 Å². The van der Waals surface area contributed by atoms with Crippen molar-refractivity contribution in [3.63, 3.8) is 0 Å². The van der Waals surface area contributed by atoms with Crippen LogP contribution >= 0.6 is 23.2 Å². The molecule has 0 spiro atoms. The molecule has 0 saturated heterocycles. The number of nitro benzene ring substituents is 1. The van der Waals surface area contributed by atoms with Crippen LogP contribution in [-0.2, 0) is 0 Å². The van der Waals surface area contributed by atoms with Crippen molar-refractivity contribution in [1.82, 2.24) is 10.2 Å². The van der Waals surface area contributed by atoms with E-state index in [1.807, 2.05) is 0 Å². The first-order valence-corrected chi connectivity index (χ1v) is 6.84. The summed E-state index contributed by atoms with van der Waals surface area (Å²) < 4.78 is 5.51. The lowest BCUT2D eigenvalue weighted by Crippen LogP contribution is -1.91. The molecule has 1 heterocycles. The highest BCUT2D eigenvalue weighted by molar-refractivity contribution is 6.42. The second kappa shape index (κ2) is 5.75. The molecule has 0 amide bonds. The molecule has 0 saturated carbocycles. The number of halogens is 2. The van der Waals surface area contributed by atoms with Gasteiger partial charge in [0, 0.05) is 11.6 Å². The zero-order valence-corrected chi connectivity index (χ0v) is 12.4. The van der Waals surface area contributed by atoms with Gasteiger partial charge in [-0.05, 0) is 24.3 Å². The molecular formula is C14H7Cl2N3O3. The van der Waals surface area contributed by atoms with E-state index in [1.54, 1.807) is 36.4 Å². The van der Waals surface area contributed by atoms with Crippen molar-refractivity contribution in [3.05, 3.63) is 62.6 Å². The number of para-hydroxylation sites is 1. The van der Waals surface area contributed by atoms with Gasteiger partial charge in [0.15, 0.2) is 0 Å². The molecule has 3 rings (SSSR count). The Morgan fingerprint density at radius 3 is 2.45 bits per heavy atom. The fraction of sp³-hybridized carbons (Fsp3) is 0. The summed E-state index contributed by atoms with van der Waals surface area (Å²) >= 11 is 11.8. The average Bonchev–Trinajstić information content (AvgIpc) is 3.00. The van der Waals surface area contributed by atoms with Crippen molar-refractivity contribution in [3.8, 4) is 22.9 Å². The molecule has 0 N–H and O–H groups in total. The van der Waals surface area contributed by atoms with E-state index in [4.69, 9.17) is 27.6 Å². The monoisotopic (exact) mass is 335 g/mol. The zero-order chi connectivity index (χ0) is 15.7. The van der Waals surface area contributed by atoms with Crippen LogP contribution in [0.1, 0.15) is 0 Å². The van der Waals surface area contributed by atoms with Crippen LogP contribution in [-0.4, -0.2) is 15.1 Å². The van der Waals surface area contributed by atoms with Crippen LogP contribution in [0.15, 0.2) is 46.9 Å². The summed E-state index contributed by atoms with van der Waals surface area (Å²) in [6.45, 7) is 0. The van der Waals surface area contributed by atoms with E-state index >= 15 is 0 Å². The molecule has 8 heteroatoms. The third kappa shape index (κ3) is 2.66. The minimum atomic E-state index is -0.502. The maximum Gasteiger partial charge on any atom is 0.282 e.